The molecule has 5 heteroatoms. The summed E-state index contributed by atoms with van der Waals surface area (Å²) >= 11 is 0. The molecule has 1 aliphatic heterocycles. The fourth-order valence-corrected chi connectivity index (χ4v) is 2.46. The molecule has 1 heterocycles. The lowest BCUT2D eigenvalue weighted by Crippen LogP contribution is -2.12. The van der Waals surface area contributed by atoms with Crippen molar-refractivity contribution < 1.29 is 19.1 Å². The molecule has 0 unspecified atom stereocenters. The maximum atomic E-state index is 12.0. The third kappa shape index (κ3) is 2.26. The molecular formula is C17H13NO4. The van der Waals surface area contributed by atoms with E-state index in [1.165, 1.54) is 0 Å². The van der Waals surface area contributed by atoms with Gasteiger partial charge in [0.15, 0.2) is 0 Å². The Morgan fingerprint density at radius 2 is 1.91 bits per heavy atom. The second-order valence-corrected chi connectivity index (χ2v) is 4.81. The van der Waals surface area contributed by atoms with Crippen LogP contribution in [0.2, 0.25) is 0 Å². The minimum Gasteiger partial charge on any atom is -0.462 e. The number of esters is 1. The van der Waals surface area contributed by atoms with Crippen molar-refractivity contribution >= 4 is 23.3 Å². The van der Waals surface area contributed by atoms with E-state index in [9.17, 15) is 14.4 Å². The number of anilines is 1. The van der Waals surface area contributed by atoms with E-state index in [0.717, 1.165) is 0 Å². The van der Waals surface area contributed by atoms with E-state index in [-0.39, 0.29) is 0 Å². The molecule has 0 saturated carbocycles. The molecule has 110 valence electrons. The highest BCUT2D eigenvalue weighted by molar-refractivity contribution is 6.52. The number of amides is 1. The van der Waals surface area contributed by atoms with Crippen LogP contribution in [0.1, 0.15) is 27.6 Å². The minimum absolute atomic E-state index is 0.292. The Morgan fingerprint density at radius 3 is 2.68 bits per heavy atom. The lowest BCUT2D eigenvalue weighted by molar-refractivity contribution is -0.112. The fraction of sp³-hybridized carbons (Fsp3) is 0.118. The average Bonchev–Trinajstić information content (AvgIpc) is 2.82. The van der Waals surface area contributed by atoms with Crippen molar-refractivity contribution in [1.82, 2.24) is 0 Å². The second-order valence-electron chi connectivity index (χ2n) is 4.81. The number of fused-ring (bicyclic) bond motifs is 1. The zero-order valence-corrected chi connectivity index (χ0v) is 11.9. The average molecular weight is 295 g/mol. The van der Waals surface area contributed by atoms with Crippen molar-refractivity contribution in [3.05, 3.63) is 53.6 Å². The van der Waals surface area contributed by atoms with Gasteiger partial charge in [-0.05, 0) is 36.2 Å². The monoisotopic (exact) mass is 295 g/mol. The molecule has 1 N–H and O–H groups in total. The number of nitrogens with one attached hydrogen (secondary N) is 1. The molecule has 0 atom stereocenters. The largest absolute Gasteiger partial charge is 0.462 e. The van der Waals surface area contributed by atoms with E-state index in [4.69, 9.17) is 4.74 Å². The van der Waals surface area contributed by atoms with Gasteiger partial charge in [0.05, 0.1) is 23.4 Å². The van der Waals surface area contributed by atoms with E-state index in [2.05, 4.69) is 5.32 Å². The molecule has 3 rings (SSSR count). The van der Waals surface area contributed by atoms with Crippen molar-refractivity contribution in [2.75, 3.05) is 11.9 Å². The highest BCUT2D eigenvalue weighted by atomic mass is 16.5. The number of Topliss-reactive ketones (excluding diaryl/α,β-unsaturated/α-hetero) is 1. The van der Waals surface area contributed by atoms with Gasteiger partial charge < -0.3 is 10.1 Å². The van der Waals surface area contributed by atoms with E-state index in [0.29, 0.717) is 34.5 Å². The molecule has 2 aromatic carbocycles. The van der Waals surface area contributed by atoms with Gasteiger partial charge in [0.1, 0.15) is 0 Å². The van der Waals surface area contributed by atoms with Gasteiger partial charge in [0.2, 0.25) is 0 Å². The van der Waals surface area contributed by atoms with Crippen molar-refractivity contribution in [1.29, 1.82) is 0 Å². The Balaban J connectivity index is 2.09. The zero-order valence-electron chi connectivity index (χ0n) is 11.9. The summed E-state index contributed by atoms with van der Waals surface area (Å²) in [6.07, 6.45) is 0. The molecule has 0 spiro atoms. The Bertz CT molecular complexity index is 795. The number of ether oxygens (including phenoxy) is 1. The Kier molecular flexibility index (Phi) is 3.47. The molecule has 1 amide bonds. The molecule has 2 aromatic rings. The summed E-state index contributed by atoms with van der Waals surface area (Å²) in [7, 11) is 0. The molecular weight excluding hydrogens is 282 g/mol. The van der Waals surface area contributed by atoms with E-state index < -0.39 is 17.7 Å². The predicted octanol–water partition coefficient (Wildman–Crippen LogP) is 2.67. The zero-order chi connectivity index (χ0) is 15.7. The summed E-state index contributed by atoms with van der Waals surface area (Å²) in [5.41, 5.74) is 2.54. The van der Waals surface area contributed by atoms with Crippen molar-refractivity contribution in [3.8, 4) is 11.1 Å². The van der Waals surface area contributed by atoms with Crippen LogP contribution in [0, 0.1) is 0 Å². The Hall–Kier alpha value is -2.95. The van der Waals surface area contributed by atoms with Gasteiger partial charge in [-0.1, -0.05) is 24.3 Å². The smallest absolute Gasteiger partial charge is 0.338 e. The maximum Gasteiger partial charge on any atom is 0.338 e. The normalized spacial score (nSPS) is 12.8. The number of carbonyl (C=O) groups is 3. The van der Waals surface area contributed by atoms with Gasteiger partial charge >= 0.3 is 5.97 Å². The molecule has 0 bridgehead atoms. The van der Waals surface area contributed by atoms with Crippen LogP contribution in [-0.2, 0) is 9.53 Å². The molecule has 0 radical (unpaired) electrons. The lowest BCUT2D eigenvalue weighted by atomic mass is 9.96. The van der Waals surface area contributed by atoms with Gasteiger partial charge in [-0.3, -0.25) is 9.59 Å². The number of benzene rings is 2. The van der Waals surface area contributed by atoms with Crippen LogP contribution in [0.3, 0.4) is 0 Å². The van der Waals surface area contributed by atoms with Crippen molar-refractivity contribution in [2.24, 2.45) is 0 Å². The number of hydrogen-bond donors (Lipinski definition) is 1. The summed E-state index contributed by atoms with van der Waals surface area (Å²) in [5.74, 6) is -1.62. The molecule has 0 aromatic heterocycles. The first-order chi connectivity index (χ1) is 10.6. The van der Waals surface area contributed by atoms with Gasteiger partial charge in [-0.15, -0.1) is 0 Å². The predicted molar refractivity (Wildman–Crippen MR) is 80.8 cm³/mol. The topological polar surface area (TPSA) is 72.5 Å². The summed E-state index contributed by atoms with van der Waals surface area (Å²) in [4.78, 5) is 35.4. The lowest BCUT2D eigenvalue weighted by Gasteiger charge is -2.08. The first-order valence-corrected chi connectivity index (χ1v) is 6.88. The number of carbonyl (C=O) groups excluding carboxylic acids is 3. The van der Waals surface area contributed by atoms with Crippen LogP contribution in [0.25, 0.3) is 11.1 Å². The summed E-state index contributed by atoms with van der Waals surface area (Å²) in [6.45, 7) is 2.03. The Labute approximate surface area is 126 Å². The molecule has 22 heavy (non-hydrogen) atoms. The highest BCUT2D eigenvalue weighted by Gasteiger charge is 2.30. The molecule has 0 fully saturated rings. The van der Waals surface area contributed by atoms with Crippen molar-refractivity contribution in [2.45, 2.75) is 6.92 Å². The third-order valence-corrected chi connectivity index (χ3v) is 3.43. The summed E-state index contributed by atoms with van der Waals surface area (Å²) < 4.78 is 4.98. The van der Waals surface area contributed by atoms with Crippen LogP contribution in [-0.4, -0.2) is 24.3 Å². The van der Waals surface area contributed by atoms with E-state index in [1.807, 2.05) is 0 Å². The SMILES string of the molecule is CCOC(=O)c1cccc(-c2cccc3c2C(=O)C(=O)N3)c1. The molecule has 0 saturated heterocycles. The van der Waals surface area contributed by atoms with Gasteiger partial charge in [-0.25, -0.2) is 4.79 Å². The van der Waals surface area contributed by atoms with Gasteiger partial charge in [0.25, 0.3) is 11.7 Å². The molecule has 0 aliphatic carbocycles. The van der Waals surface area contributed by atoms with E-state index >= 15 is 0 Å². The fourth-order valence-electron chi connectivity index (χ4n) is 2.46. The third-order valence-electron chi connectivity index (χ3n) is 3.43. The number of rotatable bonds is 3. The van der Waals surface area contributed by atoms with Crippen LogP contribution >= 0.6 is 0 Å². The first kappa shape index (κ1) is 14.0. The Morgan fingerprint density at radius 1 is 1.14 bits per heavy atom. The minimum atomic E-state index is -0.635. The van der Waals surface area contributed by atoms with Gasteiger partial charge in [-0.2, -0.15) is 0 Å². The van der Waals surface area contributed by atoms with Crippen LogP contribution < -0.4 is 5.32 Å². The van der Waals surface area contributed by atoms with Gasteiger partial charge in [0, 0.05) is 0 Å². The maximum absolute atomic E-state index is 12.0. The van der Waals surface area contributed by atoms with Crippen molar-refractivity contribution in [3.63, 3.8) is 0 Å². The summed E-state index contributed by atoms with van der Waals surface area (Å²) in [6, 6.07) is 12.0. The number of hydrogen-bond acceptors (Lipinski definition) is 4. The quantitative estimate of drug-likeness (QED) is 0.698. The molecule has 1 aliphatic rings. The van der Waals surface area contributed by atoms with Crippen LogP contribution in [0.4, 0.5) is 5.69 Å². The highest BCUT2D eigenvalue weighted by Crippen LogP contribution is 2.33. The first-order valence-electron chi connectivity index (χ1n) is 6.88. The van der Waals surface area contributed by atoms with Crippen LogP contribution in [0.15, 0.2) is 42.5 Å². The van der Waals surface area contributed by atoms with E-state index in [1.54, 1.807) is 49.4 Å². The summed E-state index contributed by atoms with van der Waals surface area (Å²) in [5, 5.41) is 2.53. The standard InChI is InChI=1S/C17H13NO4/c1-2-22-17(21)11-6-3-5-10(9-11)12-7-4-8-13-14(12)15(19)16(20)18-13/h3-9H,2H2,1H3,(H,18,19,20). The second kappa shape index (κ2) is 5.44. The van der Waals surface area contributed by atoms with Crippen LogP contribution in [0.5, 0.6) is 0 Å². The number of ketones is 1. The molecule has 5 nitrogen and oxygen atoms in total.